The van der Waals surface area contributed by atoms with Gasteiger partial charge in [-0.05, 0) is 38.0 Å². The van der Waals surface area contributed by atoms with Crippen molar-refractivity contribution in [2.75, 3.05) is 36.5 Å². The number of nitrogens with zero attached hydrogens (tertiary/aromatic N) is 1. The van der Waals surface area contributed by atoms with Crippen LogP contribution in [-0.4, -0.2) is 54.0 Å². The summed E-state index contributed by atoms with van der Waals surface area (Å²) in [6, 6.07) is 5.53. The zero-order valence-corrected chi connectivity index (χ0v) is 15.0. The second-order valence-corrected chi connectivity index (χ2v) is 7.43. The maximum Gasteiger partial charge on any atom is 0.254 e. The molecule has 3 rings (SSSR count). The van der Waals surface area contributed by atoms with Crippen LogP contribution in [0.2, 0.25) is 0 Å². The first kappa shape index (κ1) is 17.3. The van der Waals surface area contributed by atoms with E-state index in [1.54, 1.807) is 0 Å². The third-order valence-corrected chi connectivity index (χ3v) is 5.51. The van der Waals surface area contributed by atoms with E-state index in [4.69, 9.17) is 4.74 Å². The maximum atomic E-state index is 12.7. The van der Waals surface area contributed by atoms with Gasteiger partial charge in [0.15, 0.2) is 0 Å². The quantitative estimate of drug-likeness (QED) is 0.888. The van der Waals surface area contributed by atoms with Gasteiger partial charge in [0.05, 0.1) is 12.0 Å². The second-order valence-electron chi connectivity index (χ2n) is 6.21. The molecule has 24 heavy (non-hydrogen) atoms. The number of benzene rings is 1. The molecule has 1 saturated carbocycles. The van der Waals surface area contributed by atoms with E-state index in [9.17, 15) is 9.59 Å². The van der Waals surface area contributed by atoms with Gasteiger partial charge in [0.25, 0.3) is 5.91 Å². The summed E-state index contributed by atoms with van der Waals surface area (Å²) in [6.45, 7) is 6.04. The molecule has 0 aromatic heterocycles. The molecule has 0 radical (unpaired) electrons. The molecule has 5 nitrogen and oxygen atoms in total. The highest BCUT2D eigenvalue weighted by molar-refractivity contribution is 7.99. The molecule has 2 aliphatic rings. The lowest BCUT2D eigenvalue weighted by Gasteiger charge is -2.27. The Labute approximate surface area is 147 Å². The Kier molecular flexibility index (Phi) is 5.46. The first-order valence-corrected chi connectivity index (χ1v) is 9.66. The molecule has 1 N–H and O–H groups in total. The van der Waals surface area contributed by atoms with Gasteiger partial charge in [-0.15, -0.1) is 0 Å². The van der Waals surface area contributed by atoms with Gasteiger partial charge in [0, 0.05) is 42.5 Å². The predicted molar refractivity (Wildman–Crippen MR) is 96.6 cm³/mol. The lowest BCUT2D eigenvalue weighted by molar-refractivity contribution is -0.118. The zero-order valence-electron chi connectivity index (χ0n) is 14.2. The van der Waals surface area contributed by atoms with Crippen molar-refractivity contribution in [3.05, 3.63) is 29.3 Å². The van der Waals surface area contributed by atoms with E-state index in [1.807, 2.05) is 48.7 Å². The summed E-state index contributed by atoms with van der Waals surface area (Å²) in [5.41, 5.74) is 2.24. The van der Waals surface area contributed by atoms with Gasteiger partial charge in [0.2, 0.25) is 5.91 Å². The highest BCUT2D eigenvalue weighted by Gasteiger charge is 2.44. The van der Waals surface area contributed by atoms with E-state index in [-0.39, 0.29) is 23.8 Å². The molecular formula is C18H24N2O3S. The number of nitrogens with one attached hydrogen (secondary N) is 1. The molecule has 130 valence electrons. The predicted octanol–water partition coefficient (Wildman–Crippen LogP) is 2.55. The number of ether oxygens (including phenoxy) is 1. The minimum absolute atomic E-state index is 0.0180. The standard InChI is InChI=1S/C18H24N2O3S/c1-3-23-16-11-14(16)17(21)19-15-6-4-5-13(12(15)2)18(22)20-7-9-24-10-8-20/h4-6,14,16H,3,7-11H2,1-2H3,(H,19,21)/t14-,16+/m1/s1. The lowest BCUT2D eigenvalue weighted by atomic mass is 10.0. The van der Waals surface area contributed by atoms with Crippen LogP contribution >= 0.6 is 11.8 Å². The van der Waals surface area contributed by atoms with Crippen molar-refractivity contribution in [1.82, 2.24) is 4.90 Å². The van der Waals surface area contributed by atoms with Crippen LogP contribution in [0.1, 0.15) is 29.3 Å². The minimum atomic E-state index is -0.0668. The molecule has 0 bridgehead atoms. The first-order valence-electron chi connectivity index (χ1n) is 8.51. The summed E-state index contributed by atoms with van der Waals surface area (Å²) in [7, 11) is 0. The van der Waals surface area contributed by atoms with Gasteiger partial charge in [-0.25, -0.2) is 0 Å². The van der Waals surface area contributed by atoms with Crippen LogP contribution in [0.4, 0.5) is 5.69 Å². The smallest absolute Gasteiger partial charge is 0.254 e. The fourth-order valence-electron chi connectivity index (χ4n) is 3.01. The Hall–Kier alpha value is -1.53. The zero-order chi connectivity index (χ0) is 17.1. The van der Waals surface area contributed by atoms with Gasteiger partial charge in [0.1, 0.15) is 0 Å². The number of hydrogen-bond acceptors (Lipinski definition) is 4. The van der Waals surface area contributed by atoms with Crippen LogP contribution in [0.25, 0.3) is 0 Å². The minimum Gasteiger partial charge on any atom is -0.378 e. The Morgan fingerprint density at radius 3 is 2.79 bits per heavy atom. The number of carbonyl (C=O) groups is 2. The van der Waals surface area contributed by atoms with Crippen molar-refractivity contribution in [3.63, 3.8) is 0 Å². The van der Waals surface area contributed by atoms with Crippen molar-refractivity contribution < 1.29 is 14.3 Å². The molecule has 1 aliphatic carbocycles. The summed E-state index contributed by atoms with van der Waals surface area (Å²) in [4.78, 5) is 26.9. The van der Waals surface area contributed by atoms with Gasteiger partial charge in [-0.2, -0.15) is 11.8 Å². The number of anilines is 1. The number of rotatable bonds is 5. The average molecular weight is 348 g/mol. The van der Waals surface area contributed by atoms with E-state index in [1.165, 1.54) is 0 Å². The molecule has 0 unspecified atom stereocenters. The molecule has 2 amide bonds. The van der Waals surface area contributed by atoms with E-state index >= 15 is 0 Å². The van der Waals surface area contributed by atoms with Crippen LogP contribution < -0.4 is 5.32 Å². The van der Waals surface area contributed by atoms with E-state index in [0.717, 1.165) is 42.3 Å². The summed E-state index contributed by atoms with van der Waals surface area (Å²) < 4.78 is 5.47. The Morgan fingerprint density at radius 1 is 1.33 bits per heavy atom. The van der Waals surface area contributed by atoms with E-state index in [0.29, 0.717) is 12.2 Å². The van der Waals surface area contributed by atoms with Gasteiger partial charge in [-0.1, -0.05) is 6.07 Å². The second kappa shape index (κ2) is 7.57. The monoisotopic (exact) mass is 348 g/mol. The number of amides is 2. The fourth-order valence-corrected chi connectivity index (χ4v) is 3.91. The molecule has 1 aromatic carbocycles. The van der Waals surface area contributed by atoms with Crippen LogP contribution in [0.3, 0.4) is 0 Å². The Morgan fingerprint density at radius 2 is 2.08 bits per heavy atom. The van der Waals surface area contributed by atoms with Crippen LogP contribution in [-0.2, 0) is 9.53 Å². The molecule has 2 atom stereocenters. The largest absolute Gasteiger partial charge is 0.378 e. The number of hydrogen-bond donors (Lipinski definition) is 1. The van der Waals surface area contributed by atoms with E-state index < -0.39 is 0 Å². The summed E-state index contributed by atoms with van der Waals surface area (Å²) in [6.07, 6.45) is 0.828. The van der Waals surface area contributed by atoms with Crippen molar-refractivity contribution in [1.29, 1.82) is 0 Å². The molecule has 2 fully saturated rings. The third-order valence-electron chi connectivity index (χ3n) is 4.57. The summed E-state index contributed by atoms with van der Waals surface area (Å²) >= 11 is 1.88. The Balaban J connectivity index is 1.69. The SMILES string of the molecule is CCO[C@H]1C[C@H]1C(=O)Nc1cccc(C(=O)N2CCSCC2)c1C. The van der Waals surface area contributed by atoms with Crippen molar-refractivity contribution in [2.45, 2.75) is 26.4 Å². The molecule has 0 spiro atoms. The topological polar surface area (TPSA) is 58.6 Å². The molecule has 1 aromatic rings. The highest BCUT2D eigenvalue weighted by Crippen LogP contribution is 2.35. The third kappa shape index (κ3) is 3.75. The van der Waals surface area contributed by atoms with Gasteiger partial charge >= 0.3 is 0 Å². The maximum absolute atomic E-state index is 12.7. The molecule has 1 aliphatic heterocycles. The normalized spacial score (nSPS) is 23.0. The van der Waals surface area contributed by atoms with Crippen LogP contribution in [0.5, 0.6) is 0 Å². The van der Waals surface area contributed by atoms with Crippen molar-refractivity contribution in [3.8, 4) is 0 Å². The molecule has 6 heteroatoms. The van der Waals surface area contributed by atoms with Gasteiger partial charge < -0.3 is 15.0 Å². The Bertz CT molecular complexity index is 629. The average Bonchev–Trinajstić information content (AvgIpc) is 3.37. The molecular weight excluding hydrogens is 324 g/mol. The summed E-state index contributed by atoms with van der Waals surface area (Å²) in [5.74, 6) is 1.95. The van der Waals surface area contributed by atoms with Crippen molar-refractivity contribution in [2.24, 2.45) is 5.92 Å². The van der Waals surface area contributed by atoms with Crippen molar-refractivity contribution >= 4 is 29.3 Å². The number of carbonyl (C=O) groups excluding carboxylic acids is 2. The van der Waals surface area contributed by atoms with Gasteiger partial charge in [-0.3, -0.25) is 9.59 Å². The fraction of sp³-hybridized carbons (Fsp3) is 0.556. The first-order chi connectivity index (χ1) is 11.6. The number of thioether (sulfide) groups is 1. The lowest BCUT2D eigenvalue weighted by Crippen LogP contribution is -2.38. The molecule has 1 saturated heterocycles. The van der Waals surface area contributed by atoms with E-state index in [2.05, 4.69) is 5.32 Å². The van der Waals surface area contributed by atoms with Crippen LogP contribution in [0, 0.1) is 12.8 Å². The summed E-state index contributed by atoms with van der Waals surface area (Å²) in [5, 5.41) is 2.96. The highest BCUT2D eigenvalue weighted by atomic mass is 32.2. The van der Waals surface area contributed by atoms with Crippen LogP contribution in [0.15, 0.2) is 18.2 Å². The molecule has 1 heterocycles.